The molecule has 11 heteroatoms. The molecular formula is C27H35F2N3O5Si. The first-order valence-electron chi connectivity index (χ1n) is 13.2. The Hall–Kier alpha value is -2.76. The number of benzene rings is 1. The van der Waals surface area contributed by atoms with Crippen molar-refractivity contribution in [3.05, 3.63) is 40.3 Å². The third-order valence-electron chi connectivity index (χ3n) is 6.75. The quantitative estimate of drug-likeness (QED) is 0.204. The van der Waals surface area contributed by atoms with Crippen LogP contribution in [0.5, 0.6) is 11.5 Å². The van der Waals surface area contributed by atoms with E-state index in [0.29, 0.717) is 46.9 Å². The van der Waals surface area contributed by atoms with Gasteiger partial charge in [0.2, 0.25) is 0 Å². The fourth-order valence-corrected chi connectivity index (χ4v) is 5.10. The van der Waals surface area contributed by atoms with Crippen LogP contribution in [0.25, 0.3) is 22.2 Å². The number of hydrogen-bond donors (Lipinski definition) is 1. The Labute approximate surface area is 221 Å². The van der Waals surface area contributed by atoms with Gasteiger partial charge in [0.25, 0.3) is 5.56 Å². The molecule has 3 aromatic rings. The van der Waals surface area contributed by atoms with E-state index in [-0.39, 0.29) is 36.5 Å². The van der Waals surface area contributed by atoms with E-state index < -0.39 is 14.7 Å². The van der Waals surface area contributed by atoms with Crippen LogP contribution in [-0.4, -0.2) is 48.8 Å². The van der Waals surface area contributed by atoms with Gasteiger partial charge < -0.3 is 23.5 Å². The van der Waals surface area contributed by atoms with Crippen LogP contribution < -0.4 is 15.0 Å². The van der Waals surface area contributed by atoms with Gasteiger partial charge in [-0.3, -0.25) is 4.79 Å². The van der Waals surface area contributed by atoms with Crippen LogP contribution in [0.4, 0.5) is 8.78 Å². The molecule has 2 fully saturated rings. The predicted molar refractivity (Wildman–Crippen MR) is 143 cm³/mol. The summed E-state index contributed by atoms with van der Waals surface area (Å²) in [5.74, 6) is 0.787. The molecule has 1 N–H and O–H groups in total. The number of H-pyrrole nitrogens is 1. The number of nitrogens with zero attached hydrogens (tertiary/aromatic N) is 2. The number of alkyl halides is 2. The Morgan fingerprint density at radius 3 is 2.61 bits per heavy atom. The van der Waals surface area contributed by atoms with Crippen molar-refractivity contribution >= 4 is 19.0 Å². The monoisotopic (exact) mass is 547 g/mol. The number of halogens is 2. The first-order valence-corrected chi connectivity index (χ1v) is 16.9. The van der Waals surface area contributed by atoms with Crippen LogP contribution in [-0.2, 0) is 22.8 Å². The van der Waals surface area contributed by atoms with E-state index in [2.05, 4.69) is 29.8 Å². The molecule has 0 spiro atoms. The average Bonchev–Trinajstić information content (AvgIpc) is 3.77. The Bertz CT molecular complexity index is 1330. The minimum absolute atomic E-state index is 0.0178. The van der Waals surface area contributed by atoms with Crippen molar-refractivity contribution in [2.75, 3.05) is 13.2 Å². The van der Waals surface area contributed by atoms with Gasteiger partial charge in [0.1, 0.15) is 6.73 Å². The maximum Gasteiger partial charge on any atom is 0.387 e. The maximum absolute atomic E-state index is 13.1. The highest BCUT2D eigenvalue weighted by molar-refractivity contribution is 6.76. The normalized spacial score (nSPS) is 15.9. The smallest absolute Gasteiger partial charge is 0.387 e. The molecule has 0 saturated heterocycles. The van der Waals surface area contributed by atoms with Gasteiger partial charge in [0.05, 0.1) is 35.5 Å². The van der Waals surface area contributed by atoms with Gasteiger partial charge in [-0.1, -0.05) is 19.6 Å². The van der Waals surface area contributed by atoms with E-state index in [1.54, 1.807) is 18.3 Å². The van der Waals surface area contributed by atoms with E-state index in [0.717, 1.165) is 31.7 Å². The average molecular weight is 548 g/mol. The number of rotatable bonds is 14. The molecule has 8 nitrogen and oxygen atoms in total. The SMILES string of the molecule is C[Si](C)(C)CCOCn1c(-c2ccc(OC(F)F)c(OC3CC3)c2)c(COCC2CC2)c2c(=O)[nH]ncc21. The molecule has 2 saturated carbocycles. The van der Waals surface area contributed by atoms with Crippen LogP contribution >= 0.6 is 0 Å². The Morgan fingerprint density at radius 1 is 1.13 bits per heavy atom. The van der Waals surface area contributed by atoms with E-state index in [1.807, 2.05) is 4.57 Å². The zero-order valence-electron chi connectivity index (χ0n) is 22.1. The number of aromatic amines is 1. The van der Waals surface area contributed by atoms with Gasteiger partial charge in [0, 0.05) is 32.4 Å². The molecule has 38 heavy (non-hydrogen) atoms. The molecule has 0 radical (unpaired) electrons. The molecule has 5 rings (SSSR count). The van der Waals surface area contributed by atoms with Gasteiger partial charge in [-0.2, -0.15) is 13.9 Å². The Balaban J connectivity index is 1.58. The van der Waals surface area contributed by atoms with E-state index >= 15 is 0 Å². The first kappa shape index (κ1) is 26.8. The second-order valence-electron chi connectivity index (χ2n) is 11.4. The first-order chi connectivity index (χ1) is 18.2. The molecule has 1 aromatic carbocycles. The van der Waals surface area contributed by atoms with Crippen molar-refractivity contribution in [3.8, 4) is 22.8 Å². The summed E-state index contributed by atoms with van der Waals surface area (Å²) in [6, 6.07) is 5.90. The number of hydrogen-bond acceptors (Lipinski definition) is 6. The summed E-state index contributed by atoms with van der Waals surface area (Å²) in [5.41, 5.74) is 2.42. The Kier molecular flexibility index (Phi) is 7.87. The summed E-state index contributed by atoms with van der Waals surface area (Å²) < 4.78 is 51.0. The van der Waals surface area contributed by atoms with Crippen molar-refractivity contribution in [3.63, 3.8) is 0 Å². The predicted octanol–water partition coefficient (Wildman–Crippen LogP) is 5.77. The number of ether oxygens (including phenoxy) is 4. The van der Waals surface area contributed by atoms with Gasteiger partial charge in [0.15, 0.2) is 11.5 Å². The fourth-order valence-electron chi connectivity index (χ4n) is 4.34. The molecular weight excluding hydrogens is 512 g/mol. The zero-order valence-corrected chi connectivity index (χ0v) is 23.1. The lowest BCUT2D eigenvalue weighted by atomic mass is 10.1. The minimum Gasteiger partial charge on any atom is -0.487 e. The van der Waals surface area contributed by atoms with E-state index in [4.69, 9.17) is 18.9 Å². The number of fused-ring (bicyclic) bond motifs is 1. The van der Waals surface area contributed by atoms with Crippen LogP contribution in [0.15, 0.2) is 29.2 Å². The lowest BCUT2D eigenvalue weighted by molar-refractivity contribution is -0.0516. The summed E-state index contributed by atoms with van der Waals surface area (Å²) in [5, 5.41) is 7.07. The Morgan fingerprint density at radius 2 is 1.92 bits per heavy atom. The van der Waals surface area contributed by atoms with Gasteiger partial charge in [-0.15, -0.1) is 0 Å². The van der Waals surface area contributed by atoms with Crippen molar-refractivity contribution in [2.45, 2.75) is 77.4 Å². The topological polar surface area (TPSA) is 87.6 Å². The summed E-state index contributed by atoms with van der Waals surface area (Å²) in [6.45, 7) is 5.55. The zero-order chi connectivity index (χ0) is 26.9. The third-order valence-corrected chi connectivity index (χ3v) is 8.45. The molecule has 0 atom stereocenters. The van der Waals surface area contributed by atoms with E-state index in [1.165, 1.54) is 6.07 Å². The summed E-state index contributed by atoms with van der Waals surface area (Å²) in [4.78, 5) is 13.0. The summed E-state index contributed by atoms with van der Waals surface area (Å²) >= 11 is 0. The molecule has 0 unspecified atom stereocenters. The number of nitrogens with one attached hydrogen (secondary N) is 1. The molecule has 2 aliphatic carbocycles. The van der Waals surface area contributed by atoms with Gasteiger partial charge in [-0.05, 0) is 55.8 Å². The molecule has 2 aromatic heterocycles. The minimum atomic E-state index is -2.97. The molecule has 0 bridgehead atoms. The second kappa shape index (κ2) is 11.2. The second-order valence-corrected chi connectivity index (χ2v) is 17.0. The van der Waals surface area contributed by atoms with Crippen LogP contribution in [0.3, 0.4) is 0 Å². The highest BCUT2D eigenvalue weighted by atomic mass is 28.3. The van der Waals surface area contributed by atoms with Crippen molar-refractivity contribution in [2.24, 2.45) is 5.92 Å². The summed E-state index contributed by atoms with van der Waals surface area (Å²) in [7, 11) is -1.30. The maximum atomic E-state index is 13.1. The fraction of sp³-hybridized carbons (Fsp3) is 0.556. The van der Waals surface area contributed by atoms with E-state index in [9.17, 15) is 13.6 Å². The van der Waals surface area contributed by atoms with Crippen LogP contribution in [0.1, 0.15) is 31.2 Å². The van der Waals surface area contributed by atoms with Crippen molar-refractivity contribution < 1.29 is 27.7 Å². The number of aromatic nitrogens is 3. The molecule has 206 valence electrons. The van der Waals surface area contributed by atoms with Crippen LogP contribution in [0.2, 0.25) is 25.7 Å². The molecule has 0 aliphatic heterocycles. The van der Waals surface area contributed by atoms with Gasteiger partial charge in [-0.25, -0.2) is 5.10 Å². The van der Waals surface area contributed by atoms with Crippen LogP contribution in [0, 0.1) is 5.92 Å². The lowest BCUT2D eigenvalue weighted by Gasteiger charge is -2.18. The van der Waals surface area contributed by atoms with Crippen molar-refractivity contribution in [1.29, 1.82) is 0 Å². The largest absolute Gasteiger partial charge is 0.487 e. The van der Waals surface area contributed by atoms with Crippen molar-refractivity contribution in [1.82, 2.24) is 14.8 Å². The molecule has 0 amide bonds. The molecule has 2 heterocycles. The highest BCUT2D eigenvalue weighted by Crippen LogP contribution is 2.40. The standard InChI is InChI=1S/C27H35F2N3O5Si/c1-38(2,3)11-10-34-16-32-21-13-30-31-26(33)24(21)20(15-35-14-17-4-5-17)25(32)18-6-9-22(37-27(28)29)23(12-18)36-19-7-8-19/h6,9,12-13,17,19,27H,4-5,7-8,10-11,14-16H2,1-3H3,(H,31,33). The summed E-state index contributed by atoms with van der Waals surface area (Å²) in [6.07, 6.45) is 5.63. The highest BCUT2D eigenvalue weighted by Gasteiger charge is 2.28. The third kappa shape index (κ3) is 6.62. The lowest BCUT2D eigenvalue weighted by Crippen LogP contribution is -2.22. The molecule has 2 aliphatic rings. The van der Waals surface area contributed by atoms with Gasteiger partial charge >= 0.3 is 6.61 Å².